The summed E-state index contributed by atoms with van der Waals surface area (Å²) in [5, 5.41) is 9.05. The Morgan fingerprint density at radius 1 is 0.963 bits per heavy atom. The highest BCUT2D eigenvalue weighted by Gasteiger charge is 2.44. The van der Waals surface area contributed by atoms with E-state index in [1.54, 1.807) is 0 Å². The molecule has 1 amide bonds. The van der Waals surface area contributed by atoms with Gasteiger partial charge in [-0.05, 0) is 52.3 Å². The molecule has 27 heavy (non-hydrogen) atoms. The van der Waals surface area contributed by atoms with E-state index in [0.717, 1.165) is 33.8 Å². The molecule has 0 radical (unpaired) electrons. The lowest BCUT2D eigenvalue weighted by Gasteiger charge is -2.38. The van der Waals surface area contributed by atoms with Gasteiger partial charge >= 0.3 is 0 Å². The Morgan fingerprint density at radius 2 is 1.67 bits per heavy atom. The van der Waals surface area contributed by atoms with Gasteiger partial charge in [0.05, 0.1) is 16.9 Å². The second-order valence-corrected chi connectivity index (χ2v) is 8.81. The van der Waals surface area contributed by atoms with Gasteiger partial charge in [0.1, 0.15) is 5.69 Å². The molecular formula is C22H22N4O. The highest BCUT2D eigenvalue weighted by atomic mass is 16.2. The predicted molar refractivity (Wildman–Crippen MR) is 106 cm³/mol. The van der Waals surface area contributed by atoms with Gasteiger partial charge in [-0.1, -0.05) is 35.5 Å². The summed E-state index contributed by atoms with van der Waals surface area (Å²) in [6.45, 7) is 10.4. The SMILES string of the molecule is CC(C)(C)N1C(=O)c2cccc3c2-c2c(nnn2C3(C)C)-c2ccccc21. The topological polar surface area (TPSA) is 51.0 Å². The number of aromatic nitrogens is 3. The van der Waals surface area contributed by atoms with Crippen LogP contribution in [0.4, 0.5) is 5.69 Å². The van der Waals surface area contributed by atoms with Gasteiger partial charge in [0.15, 0.2) is 0 Å². The molecule has 0 saturated carbocycles. The Bertz CT molecular complexity index is 1120. The Balaban J connectivity index is 1.98. The van der Waals surface area contributed by atoms with Crippen molar-refractivity contribution >= 4 is 11.6 Å². The minimum absolute atomic E-state index is 0.0166. The van der Waals surface area contributed by atoms with E-state index in [-0.39, 0.29) is 17.0 Å². The Kier molecular flexibility index (Phi) is 2.92. The number of amides is 1. The first kappa shape index (κ1) is 16.2. The molecule has 5 rings (SSSR count). The zero-order valence-corrected chi connectivity index (χ0v) is 16.2. The van der Waals surface area contributed by atoms with Crippen molar-refractivity contribution in [3.05, 3.63) is 53.6 Å². The van der Waals surface area contributed by atoms with Gasteiger partial charge in [-0.25, -0.2) is 4.68 Å². The molecule has 0 spiro atoms. The second kappa shape index (κ2) is 4.85. The molecule has 0 unspecified atom stereocenters. The molecule has 0 saturated heterocycles. The zero-order valence-electron chi connectivity index (χ0n) is 16.2. The van der Waals surface area contributed by atoms with Crippen LogP contribution in [0.25, 0.3) is 22.5 Å². The van der Waals surface area contributed by atoms with Gasteiger partial charge in [0, 0.05) is 22.2 Å². The van der Waals surface area contributed by atoms with Crippen LogP contribution < -0.4 is 4.90 Å². The van der Waals surface area contributed by atoms with E-state index in [4.69, 9.17) is 0 Å². The van der Waals surface area contributed by atoms with E-state index in [1.165, 1.54) is 0 Å². The predicted octanol–water partition coefficient (Wildman–Crippen LogP) is 4.47. The lowest BCUT2D eigenvalue weighted by Crippen LogP contribution is -2.46. The minimum Gasteiger partial charge on any atom is -0.302 e. The van der Waals surface area contributed by atoms with Crippen LogP contribution in [0, 0.1) is 0 Å². The Hall–Kier alpha value is -2.95. The molecule has 2 aromatic carbocycles. The van der Waals surface area contributed by atoms with Gasteiger partial charge in [-0.3, -0.25) is 4.79 Å². The Labute approximate surface area is 158 Å². The number of nitrogens with zero attached hydrogens (tertiary/aromatic N) is 4. The average Bonchev–Trinajstić information content (AvgIpc) is 3.12. The first-order valence-corrected chi connectivity index (χ1v) is 9.27. The van der Waals surface area contributed by atoms with Crippen LogP contribution in [0.2, 0.25) is 0 Å². The lowest BCUT2D eigenvalue weighted by atomic mass is 9.87. The number of hydrogen-bond acceptors (Lipinski definition) is 3. The first-order chi connectivity index (χ1) is 12.7. The molecule has 0 N–H and O–H groups in total. The maximum atomic E-state index is 13.8. The van der Waals surface area contributed by atoms with Crippen molar-refractivity contribution in [2.24, 2.45) is 0 Å². The number of carbonyl (C=O) groups is 1. The van der Waals surface area contributed by atoms with E-state index in [9.17, 15) is 4.79 Å². The number of para-hydroxylation sites is 1. The maximum absolute atomic E-state index is 13.8. The molecule has 1 aromatic heterocycles. The van der Waals surface area contributed by atoms with Crippen LogP contribution >= 0.6 is 0 Å². The van der Waals surface area contributed by atoms with Crippen molar-refractivity contribution in [3.8, 4) is 22.5 Å². The minimum atomic E-state index is -0.377. The van der Waals surface area contributed by atoms with Crippen molar-refractivity contribution in [1.29, 1.82) is 0 Å². The van der Waals surface area contributed by atoms with Crippen molar-refractivity contribution < 1.29 is 4.79 Å². The highest BCUT2D eigenvalue weighted by molar-refractivity contribution is 6.15. The largest absolute Gasteiger partial charge is 0.302 e. The van der Waals surface area contributed by atoms with Gasteiger partial charge in [0.25, 0.3) is 5.91 Å². The van der Waals surface area contributed by atoms with Crippen LogP contribution in [0.1, 0.15) is 50.5 Å². The van der Waals surface area contributed by atoms with E-state index in [1.807, 2.05) is 46.0 Å². The van der Waals surface area contributed by atoms with Gasteiger partial charge in [0.2, 0.25) is 0 Å². The van der Waals surface area contributed by atoms with E-state index in [0.29, 0.717) is 5.56 Å². The van der Waals surface area contributed by atoms with Gasteiger partial charge < -0.3 is 4.90 Å². The summed E-state index contributed by atoms with van der Waals surface area (Å²) in [5.41, 5.74) is 5.68. The molecule has 3 aromatic rings. The molecule has 5 nitrogen and oxygen atoms in total. The normalized spacial score (nSPS) is 16.6. The molecule has 5 heteroatoms. The molecule has 0 atom stereocenters. The monoisotopic (exact) mass is 358 g/mol. The molecule has 0 fully saturated rings. The summed E-state index contributed by atoms with van der Waals surface area (Å²) in [7, 11) is 0. The number of anilines is 1. The lowest BCUT2D eigenvalue weighted by molar-refractivity contribution is 0.0966. The molecule has 0 aliphatic carbocycles. The molecule has 3 heterocycles. The maximum Gasteiger partial charge on any atom is 0.259 e. The van der Waals surface area contributed by atoms with Gasteiger partial charge in [-0.2, -0.15) is 0 Å². The molecule has 136 valence electrons. The zero-order chi connectivity index (χ0) is 19.1. The van der Waals surface area contributed by atoms with Crippen molar-refractivity contribution in [2.45, 2.75) is 45.7 Å². The summed E-state index contributed by atoms with van der Waals surface area (Å²) in [5.74, 6) is 0.0166. The summed E-state index contributed by atoms with van der Waals surface area (Å²) in [6, 6.07) is 14.0. The quantitative estimate of drug-likeness (QED) is 0.596. The van der Waals surface area contributed by atoms with E-state index < -0.39 is 0 Å². The summed E-state index contributed by atoms with van der Waals surface area (Å²) in [4.78, 5) is 15.7. The van der Waals surface area contributed by atoms with E-state index in [2.05, 4.69) is 51.0 Å². The van der Waals surface area contributed by atoms with Gasteiger partial charge in [-0.15, -0.1) is 5.10 Å². The standard InChI is InChI=1S/C22H22N4O/c1-21(2,3)25-16-12-7-6-9-13(16)18-19-17-14(20(25)27)10-8-11-15(17)22(4,5)26(19)24-23-18/h6-12H,1-5H3. The number of rotatable bonds is 0. The summed E-state index contributed by atoms with van der Waals surface area (Å²) < 4.78 is 1.97. The number of carbonyl (C=O) groups excluding carboxylic acids is 1. The highest BCUT2D eigenvalue weighted by Crippen LogP contribution is 2.51. The van der Waals surface area contributed by atoms with Crippen LogP contribution in [-0.4, -0.2) is 26.4 Å². The molecular weight excluding hydrogens is 336 g/mol. The first-order valence-electron chi connectivity index (χ1n) is 9.27. The third kappa shape index (κ3) is 1.91. The number of hydrogen-bond donors (Lipinski definition) is 0. The van der Waals surface area contributed by atoms with Crippen LogP contribution in [-0.2, 0) is 5.54 Å². The molecule has 2 aliphatic heterocycles. The fraction of sp³-hybridized carbons (Fsp3) is 0.318. The van der Waals surface area contributed by atoms with E-state index >= 15 is 0 Å². The summed E-state index contributed by atoms with van der Waals surface area (Å²) in [6.07, 6.45) is 0. The third-order valence-corrected chi connectivity index (χ3v) is 5.66. The summed E-state index contributed by atoms with van der Waals surface area (Å²) >= 11 is 0. The van der Waals surface area contributed by atoms with Crippen molar-refractivity contribution in [1.82, 2.24) is 15.0 Å². The van der Waals surface area contributed by atoms with Crippen LogP contribution in [0.5, 0.6) is 0 Å². The third-order valence-electron chi connectivity index (χ3n) is 5.66. The second-order valence-electron chi connectivity index (χ2n) is 8.81. The van der Waals surface area contributed by atoms with Crippen molar-refractivity contribution in [2.75, 3.05) is 4.90 Å². The fourth-order valence-corrected chi connectivity index (χ4v) is 4.45. The number of benzene rings is 2. The number of fused-ring (bicyclic) bond motifs is 2. The molecule has 2 aliphatic rings. The molecule has 0 bridgehead atoms. The van der Waals surface area contributed by atoms with Crippen LogP contribution in [0.3, 0.4) is 0 Å². The fourth-order valence-electron chi connectivity index (χ4n) is 4.45. The average molecular weight is 358 g/mol. The van der Waals surface area contributed by atoms with Crippen LogP contribution in [0.15, 0.2) is 42.5 Å². The Morgan fingerprint density at radius 3 is 2.41 bits per heavy atom. The van der Waals surface area contributed by atoms with Crippen molar-refractivity contribution in [3.63, 3.8) is 0 Å². The smallest absolute Gasteiger partial charge is 0.259 e.